The number of aromatic nitrogens is 1. The van der Waals surface area contributed by atoms with Crippen LogP contribution in [0.3, 0.4) is 0 Å². The molecule has 0 spiro atoms. The van der Waals surface area contributed by atoms with Gasteiger partial charge < -0.3 is 10.6 Å². The van der Waals surface area contributed by atoms with Gasteiger partial charge in [-0.3, -0.25) is 9.88 Å². The zero-order valence-electron chi connectivity index (χ0n) is 11.7. The topological polar surface area (TPSA) is 45.4 Å². The monoisotopic (exact) mass is 278 g/mol. The molecule has 1 aliphatic heterocycles. The zero-order valence-corrected chi connectivity index (χ0v) is 12.5. The third kappa shape index (κ3) is 3.72. The maximum absolute atomic E-state index is 5.75. The van der Waals surface area contributed by atoms with Gasteiger partial charge in [-0.25, -0.2) is 0 Å². The maximum atomic E-state index is 5.75. The molecule has 0 amide bonds. The van der Waals surface area contributed by atoms with Crippen LogP contribution in [0.5, 0.6) is 0 Å². The van der Waals surface area contributed by atoms with Gasteiger partial charge in [-0.05, 0) is 38.6 Å². The van der Waals surface area contributed by atoms with E-state index in [4.69, 9.17) is 18.0 Å². The van der Waals surface area contributed by atoms with Gasteiger partial charge >= 0.3 is 0 Å². The smallest absolute Gasteiger partial charge is 0.123 e. The first kappa shape index (κ1) is 14.4. The molecule has 0 saturated carbocycles. The Bertz CT molecular complexity index is 449. The van der Waals surface area contributed by atoms with Crippen molar-refractivity contribution in [2.75, 3.05) is 26.7 Å². The Kier molecular flexibility index (Phi) is 4.85. The van der Waals surface area contributed by atoms with E-state index in [1.54, 1.807) is 6.20 Å². The van der Waals surface area contributed by atoms with Crippen LogP contribution in [0.25, 0.3) is 0 Å². The van der Waals surface area contributed by atoms with Gasteiger partial charge in [0, 0.05) is 31.9 Å². The summed E-state index contributed by atoms with van der Waals surface area (Å²) in [7, 11) is 2.19. The Hall–Kier alpha value is -1.04. The SMILES string of the molecule is CC1CN(C)CCCN1Cc1cccnc1C(N)=S. The lowest BCUT2D eigenvalue weighted by Crippen LogP contribution is -2.37. The third-order valence-electron chi connectivity index (χ3n) is 3.68. The van der Waals surface area contributed by atoms with Crippen molar-refractivity contribution in [3.63, 3.8) is 0 Å². The minimum Gasteiger partial charge on any atom is -0.388 e. The largest absolute Gasteiger partial charge is 0.388 e. The molecule has 104 valence electrons. The quantitative estimate of drug-likeness (QED) is 0.843. The molecular weight excluding hydrogens is 256 g/mol. The summed E-state index contributed by atoms with van der Waals surface area (Å²) in [5.74, 6) is 0. The molecule has 2 N–H and O–H groups in total. The summed E-state index contributed by atoms with van der Waals surface area (Å²) in [6, 6.07) is 4.56. The summed E-state index contributed by atoms with van der Waals surface area (Å²) in [6.07, 6.45) is 2.95. The number of nitrogens with two attached hydrogens (primary N) is 1. The highest BCUT2D eigenvalue weighted by Gasteiger charge is 2.20. The van der Waals surface area contributed by atoms with Crippen molar-refractivity contribution >= 4 is 17.2 Å². The predicted octanol–water partition coefficient (Wildman–Crippen LogP) is 1.24. The number of nitrogens with zero attached hydrogens (tertiary/aromatic N) is 3. The standard InChI is InChI=1S/C14H22N4S/c1-11-9-17(2)7-4-8-18(11)10-12-5-3-6-16-13(12)14(15)19/h3,5-6,11H,4,7-10H2,1-2H3,(H2,15,19). The van der Waals surface area contributed by atoms with Crippen LogP contribution in [0.4, 0.5) is 0 Å². The van der Waals surface area contributed by atoms with Gasteiger partial charge in [0.25, 0.3) is 0 Å². The van der Waals surface area contributed by atoms with Crippen LogP contribution in [-0.4, -0.2) is 52.5 Å². The van der Waals surface area contributed by atoms with Crippen LogP contribution < -0.4 is 5.73 Å². The molecule has 2 rings (SSSR count). The molecule has 0 aromatic carbocycles. The Balaban J connectivity index is 2.14. The Morgan fingerprint density at radius 1 is 1.53 bits per heavy atom. The Morgan fingerprint density at radius 3 is 3.05 bits per heavy atom. The van der Waals surface area contributed by atoms with Crippen molar-refractivity contribution in [1.82, 2.24) is 14.8 Å². The number of likely N-dealkylation sites (N-methyl/N-ethyl adjacent to an activating group) is 1. The van der Waals surface area contributed by atoms with Crippen molar-refractivity contribution in [2.24, 2.45) is 5.73 Å². The van der Waals surface area contributed by atoms with E-state index in [9.17, 15) is 0 Å². The number of hydrogen-bond acceptors (Lipinski definition) is 4. The lowest BCUT2D eigenvalue weighted by atomic mass is 10.1. The first-order valence-corrected chi connectivity index (χ1v) is 7.15. The minimum atomic E-state index is 0.384. The second kappa shape index (κ2) is 6.41. The van der Waals surface area contributed by atoms with Crippen LogP contribution >= 0.6 is 12.2 Å². The fourth-order valence-corrected chi connectivity index (χ4v) is 2.85. The fourth-order valence-electron chi connectivity index (χ4n) is 2.66. The van der Waals surface area contributed by atoms with Gasteiger partial charge in [-0.15, -0.1) is 0 Å². The summed E-state index contributed by atoms with van der Waals surface area (Å²) >= 11 is 5.08. The second-order valence-corrected chi connectivity index (χ2v) is 5.75. The van der Waals surface area contributed by atoms with Crippen LogP contribution in [0.15, 0.2) is 18.3 Å². The summed E-state index contributed by atoms with van der Waals surface area (Å²) in [5.41, 5.74) is 7.65. The highest BCUT2D eigenvalue weighted by Crippen LogP contribution is 2.15. The van der Waals surface area contributed by atoms with Gasteiger partial charge in [-0.1, -0.05) is 18.3 Å². The van der Waals surface area contributed by atoms with Gasteiger partial charge in [0.2, 0.25) is 0 Å². The van der Waals surface area contributed by atoms with E-state index in [2.05, 4.69) is 34.8 Å². The minimum absolute atomic E-state index is 0.384. The van der Waals surface area contributed by atoms with Gasteiger partial charge in [-0.2, -0.15) is 0 Å². The Labute approximate surface area is 120 Å². The van der Waals surface area contributed by atoms with Crippen molar-refractivity contribution in [3.8, 4) is 0 Å². The molecule has 1 aromatic rings. The average Bonchev–Trinajstić information content (AvgIpc) is 2.52. The first-order chi connectivity index (χ1) is 9.08. The van der Waals surface area contributed by atoms with E-state index >= 15 is 0 Å². The number of pyridine rings is 1. The van der Waals surface area contributed by atoms with Crippen LogP contribution in [0.2, 0.25) is 0 Å². The molecule has 1 unspecified atom stereocenters. The molecule has 0 radical (unpaired) electrons. The number of thiocarbonyl (C=S) groups is 1. The van der Waals surface area contributed by atoms with E-state index in [1.165, 1.54) is 6.42 Å². The van der Waals surface area contributed by atoms with Crippen LogP contribution in [0.1, 0.15) is 24.6 Å². The molecule has 1 saturated heterocycles. The van der Waals surface area contributed by atoms with E-state index in [0.29, 0.717) is 11.0 Å². The van der Waals surface area contributed by atoms with Gasteiger partial charge in [0.05, 0.1) is 0 Å². The van der Waals surface area contributed by atoms with Crippen molar-refractivity contribution in [3.05, 3.63) is 29.6 Å². The van der Waals surface area contributed by atoms with E-state index in [-0.39, 0.29) is 0 Å². The molecule has 0 aliphatic carbocycles. The molecule has 1 fully saturated rings. The second-order valence-electron chi connectivity index (χ2n) is 5.31. The number of rotatable bonds is 3. The average molecular weight is 278 g/mol. The summed E-state index contributed by atoms with van der Waals surface area (Å²) in [5, 5.41) is 0. The van der Waals surface area contributed by atoms with Gasteiger partial charge in [0.1, 0.15) is 10.7 Å². The number of hydrogen-bond donors (Lipinski definition) is 1. The van der Waals surface area contributed by atoms with Crippen molar-refractivity contribution < 1.29 is 0 Å². The zero-order chi connectivity index (χ0) is 13.8. The highest BCUT2D eigenvalue weighted by molar-refractivity contribution is 7.80. The summed E-state index contributed by atoms with van der Waals surface area (Å²) in [4.78, 5) is 9.57. The molecule has 2 heterocycles. The molecule has 1 aromatic heterocycles. The highest BCUT2D eigenvalue weighted by atomic mass is 32.1. The normalized spacial score (nSPS) is 22.1. The third-order valence-corrected chi connectivity index (χ3v) is 3.88. The summed E-state index contributed by atoms with van der Waals surface area (Å²) in [6.45, 7) is 6.52. The molecule has 1 aliphatic rings. The molecular formula is C14H22N4S. The van der Waals surface area contributed by atoms with Crippen molar-refractivity contribution in [1.29, 1.82) is 0 Å². The Morgan fingerprint density at radius 2 is 2.32 bits per heavy atom. The fraction of sp³-hybridized carbons (Fsp3) is 0.571. The lowest BCUT2D eigenvalue weighted by molar-refractivity contribution is 0.194. The molecule has 0 bridgehead atoms. The molecule has 19 heavy (non-hydrogen) atoms. The first-order valence-electron chi connectivity index (χ1n) is 6.74. The molecule has 5 heteroatoms. The maximum Gasteiger partial charge on any atom is 0.123 e. The van der Waals surface area contributed by atoms with Crippen molar-refractivity contribution in [2.45, 2.75) is 25.9 Å². The van der Waals surface area contributed by atoms with Gasteiger partial charge in [0.15, 0.2) is 0 Å². The summed E-state index contributed by atoms with van der Waals surface area (Å²) < 4.78 is 0. The predicted molar refractivity (Wildman–Crippen MR) is 82.1 cm³/mol. The molecule has 1 atom stereocenters. The van der Waals surface area contributed by atoms with Crippen LogP contribution in [0, 0.1) is 0 Å². The van der Waals surface area contributed by atoms with E-state index in [0.717, 1.165) is 37.4 Å². The van der Waals surface area contributed by atoms with E-state index in [1.807, 2.05) is 6.07 Å². The molecule has 4 nitrogen and oxygen atoms in total. The van der Waals surface area contributed by atoms with Crippen LogP contribution in [-0.2, 0) is 6.54 Å². The van der Waals surface area contributed by atoms with E-state index < -0.39 is 0 Å². The lowest BCUT2D eigenvalue weighted by Gasteiger charge is -2.28.